The highest BCUT2D eigenvalue weighted by atomic mass is 19.1. The fourth-order valence-electron chi connectivity index (χ4n) is 4.78. The number of unbranched alkanes of at least 4 members (excludes halogenated alkanes) is 1. The number of para-hydroxylation sites is 1. The van der Waals surface area contributed by atoms with Crippen molar-refractivity contribution in [1.29, 1.82) is 0 Å². The van der Waals surface area contributed by atoms with E-state index < -0.39 is 30.1 Å². The minimum Gasteiger partial charge on any atom is -0.480 e. The highest BCUT2D eigenvalue weighted by Gasteiger charge is 2.22. The molecule has 1 aromatic heterocycles. The minimum atomic E-state index is -1.17. The van der Waals surface area contributed by atoms with E-state index in [0.29, 0.717) is 19.4 Å². The van der Waals surface area contributed by atoms with Gasteiger partial charge in [0, 0.05) is 34.6 Å². The number of halogens is 1. The van der Waals surface area contributed by atoms with Crippen molar-refractivity contribution < 1.29 is 29.3 Å². The molecule has 0 fully saturated rings. The summed E-state index contributed by atoms with van der Waals surface area (Å²) < 4.78 is 15.8. The van der Waals surface area contributed by atoms with Gasteiger partial charge in [-0.15, -0.1) is 0 Å². The zero-order valence-electron chi connectivity index (χ0n) is 22.4. The van der Waals surface area contributed by atoms with Crippen LogP contribution in [0.25, 0.3) is 28.1 Å². The topological polar surface area (TPSA) is 138 Å². The van der Waals surface area contributed by atoms with E-state index in [9.17, 15) is 29.3 Å². The van der Waals surface area contributed by atoms with Gasteiger partial charge >= 0.3 is 5.97 Å². The van der Waals surface area contributed by atoms with Crippen LogP contribution in [0, 0.1) is 5.82 Å². The number of hydrogen-bond donors (Lipinski definition) is 5. The smallest absolute Gasteiger partial charge is 0.326 e. The number of carbonyl (C=O) groups excluding carboxylic acids is 1. The number of carboxylic acids is 1. The molecule has 1 heterocycles. The van der Waals surface area contributed by atoms with Gasteiger partial charge in [0.1, 0.15) is 11.9 Å². The van der Waals surface area contributed by atoms with E-state index >= 15 is 0 Å². The Kier molecular flexibility index (Phi) is 10.8. The Morgan fingerprint density at radius 3 is 2.41 bits per heavy atom. The van der Waals surface area contributed by atoms with Gasteiger partial charge in [-0.2, -0.15) is 0 Å². The Morgan fingerprint density at radius 2 is 1.77 bits per heavy atom. The first-order valence-corrected chi connectivity index (χ1v) is 13.3. The average Bonchev–Trinajstić information content (AvgIpc) is 3.21. The molecule has 0 aliphatic rings. The summed E-state index contributed by atoms with van der Waals surface area (Å²) in [6.45, 7) is 4.54. The zero-order chi connectivity index (χ0) is 28.5. The van der Waals surface area contributed by atoms with Gasteiger partial charge in [-0.3, -0.25) is 4.79 Å². The average molecular weight is 540 g/mol. The van der Waals surface area contributed by atoms with Gasteiger partial charge in [-0.1, -0.05) is 36.4 Å². The maximum Gasteiger partial charge on any atom is 0.326 e. The highest BCUT2D eigenvalue weighted by molar-refractivity contribution is 6.01. The number of fused-ring (bicyclic) bond motifs is 1. The molecular weight excluding hydrogens is 501 g/mol. The first-order chi connectivity index (χ1) is 18.6. The first kappa shape index (κ1) is 30.0. The van der Waals surface area contributed by atoms with Crippen molar-refractivity contribution in [2.45, 2.75) is 70.2 Å². The largest absolute Gasteiger partial charge is 0.480 e. The molecule has 1 amide bonds. The lowest BCUT2D eigenvalue weighted by atomic mass is 10.0. The number of benzene rings is 2. The lowest BCUT2D eigenvalue weighted by Gasteiger charge is -2.17. The van der Waals surface area contributed by atoms with Crippen LogP contribution in [0.5, 0.6) is 0 Å². The normalized spacial score (nSPS) is 14.1. The number of hydrogen-bond acceptors (Lipinski definition) is 5. The predicted molar refractivity (Wildman–Crippen MR) is 150 cm³/mol. The summed E-state index contributed by atoms with van der Waals surface area (Å²) in [5, 5.41) is 33.8. The van der Waals surface area contributed by atoms with Gasteiger partial charge in [-0.05, 0) is 69.5 Å². The third-order valence-corrected chi connectivity index (χ3v) is 6.59. The van der Waals surface area contributed by atoms with Crippen LogP contribution in [0.1, 0.15) is 57.7 Å². The van der Waals surface area contributed by atoms with Gasteiger partial charge in [-0.25, -0.2) is 9.18 Å². The molecule has 0 radical (unpaired) electrons. The molecule has 0 aliphatic carbocycles. The fraction of sp³-hybridized carbons (Fsp3) is 0.400. The van der Waals surface area contributed by atoms with E-state index in [0.717, 1.165) is 27.7 Å². The van der Waals surface area contributed by atoms with Crippen molar-refractivity contribution >= 4 is 28.9 Å². The molecule has 2 aromatic carbocycles. The number of rotatable bonds is 14. The van der Waals surface area contributed by atoms with Crippen LogP contribution in [0.4, 0.5) is 4.39 Å². The molecule has 0 bridgehead atoms. The Balaban J connectivity index is 1.77. The molecule has 3 aromatic rings. The van der Waals surface area contributed by atoms with Crippen molar-refractivity contribution in [2.75, 3.05) is 6.54 Å². The van der Waals surface area contributed by atoms with Crippen molar-refractivity contribution in [2.24, 2.45) is 5.73 Å². The summed E-state index contributed by atoms with van der Waals surface area (Å²) in [7, 11) is 0. The Morgan fingerprint density at radius 1 is 1.08 bits per heavy atom. The number of aliphatic hydroxyl groups excluding tert-OH is 2. The summed E-state index contributed by atoms with van der Waals surface area (Å²) in [4.78, 5) is 23.7. The molecular formula is C30H38FN3O5. The SMILES string of the molecule is CC(C)n1c(/C=C/[C@H](O)C[C@H](O)CC(=O)NC(CCCCN)C(=O)O)c(-c2ccc(F)cc2)c2ccccc21. The third kappa shape index (κ3) is 7.98. The van der Waals surface area contributed by atoms with Crippen LogP contribution in [0.3, 0.4) is 0 Å². The van der Waals surface area contributed by atoms with Crippen LogP contribution < -0.4 is 11.1 Å². The second-order valence-electron chi connectivity index (χ2n) is 10.0. The summed E-state index contributed by atoms with van der Waals surface area (Å²) in [5.74, 6) is -2.07. The van der Waals surface area contributed by atoms with Gasteiger partial charge in [0.25, 0.3) is 0 Å². The van der Waals surface area contributed by atoms with Gasteiger partial charge in [0.05, 0.1) is 18.6 Å². The number of amides is 1. The molecule has 3 atom stereocenters. The highest BCUT2D eigenvalue weighted by Crippen LogP contribution is 2.38. The fourth-order valence-corrected chi connectivity index (χ4v) is 4.78. The van der Waals surface area contributed by atoms with E-state index in [4.69, 9.17) is 5.73 Å². The van der Waals surface area contributed by atoms with Crippen molar-refractivity contribution in [1.82, 2.24) is 9.88 Å². The number of nitrogens with one attached hydrogen (secondary N) is 1. The predicted octanol–water partition coefficient (Wildman–Crippen LogP) is 4.24. The maximum absolute atomic E-state index is 13.7. The molecule has 1 unspecified atom stereocenters. The lowest BCUT2D eigenvalue weighted by Crippen LogP contribution is -2.42. The van der Waals surface area contributed by atoms with Crippen LogP contribution in [-0.2, 0) is 9.59 Å². The first-order valence-electron chi connectivity index (χ1n) is 13.3. The monoisotopic (exact) mass is 539 g/mol. The molecule has 0 saturated carbocycles. The van der Waals surface area contributed by atoms with Crippen LogP contribution in [-0.4, -0.2) is 56.6 Å². The van der Waals surface area contributed by atoms with Gasteiger partial charge in [0.15, 0.2) is 0 Å². The lowest BCUT2D eigenvalue weighted by molar-refractivity contribution is -0.142. The number of carbonyl (C=O) groups is 2. The molecule has 0 spiro atoms. The zero-order valence-corrected chi connectivity index (χ0v) is 22.4. The van der Waals surface area contributed by atoms with Crippen LogP contribution in [0.2, 0.25) is 0 Å². The quantitative estimate of drug-likeness (QED) is 0.194. The Labute approximate surface area is 227 Å². The maximum atomic E-state index is 13.7. The second-order valence-corrected chi connectivity index (χ2v) is 10.0. The summed E-state index contributed by atoms with van der Waals surface area (Å²) in [6, 6.07) is 13.2. The number of aliphatic hydroxyl groups is 2. The second kappa shape index (κ2) is 14.0. The summed E-state index contributed by atoms with van der Waals surface area (Å²) in [5.41, 5.74) is 8.99. The number of carboxylic acid groups (broad SMARTS) is 1. The summed E-state index contributed by atoms with van der Waals surface area (Å²) in [6.07, 6.45) is 2.14. The van der Waals surface area contributed by atoms with E-state index in [1.54, 1.807) is 24.3 Å². The van der Waals surface area contributed by atoms with Crippen molar-refractivity contribution in [3.63, 3.8) is 0 Å². The van der Waals surface area contributed by atoms with E-state index in [-0.39, 0.29) is 31.1 Å². The van der Waals surface area contributed by atoms with Crippen molar-refractivity contribution in [3.05, 3.63) is 66.1 Å². The Hall–Kier alpha value is -3.53. The molecule has 0 aliphatic heterocycles. The number of nitrogens with two attached hydrogens (primary N) is 1. The number of nitrogens with zero attached hydrogens (tertiary/aromatic N) is 1. The molecule has 0 saturated heterocycles. The van der Waals surface area contributed by atoms with Gasteiger partial charge < -0.3 is 30.9 Å². The van der Waals surface area contributed by atoms with E-state index in [1.807, 2.05) is 24.3 Å². The van der Waals surface area contributed by atoms with E-state index in [2.05, 4.69) is 23.7 Å². The molecule has 39 heavy (non-hydrogen) atoms. The molecule has 3 rings (SSSR count). The van der Waals surface area contributed by atoms with Gasteiger partial charge in [0.2, 0.25) is 5.91 Å². The number of aliphatic carboxylic acids is 1. The molecule has 9 heteroatoms. The van der Waals surface area contributed by atoms with Crippen molar-refractivity contribution in [3.8, 4) is 11.1 Å². The minimum absolute atomic E-state index is 0.0854. The van der Waals surface area contributed by atoms with Crippen LogP contribution >= 0.6 is 0 Å². The molecule has 210 valence electrons. The molecule has 6 N–H and O–H groups in total. The molecule has 8 nitrogen and oxygen atoms in total. The Bertz CT molecular complexity index is 1290. The summed E-state index contributed by atoms with van der Waals surface area (Å²) >= 11 is 0. The van der Waals surface area contributed by atoms with Crippen LogP contribution in [0.15, 0.2) is 54.6 Å². The number of aromatic nitrogens is 1. The third-order valence-electron chi connectivity index (χ3n) is 6.59. The standard InChI is InChI=1S/C30H38FN3O5/c1-19(2)34-26-9-4-3-7-24(26)29(20-10-12-21(31)13-11-20)27(34)15-14-22(35)17-23(36)18-28(37)33-25(30(38)39)8-5-6-16-32/h3-4,7,9-15,19,22-23,25,35-36H,5-6,8,16-18,32H2,1-2H3,(H,33,37)(H,38,39)/b15-14+/t22-,23-,25?/m0/s1. The van der Waals surface area contributed by atoms with E-state index in [1.165, 1.54) is 12.1 Å².